The van der Waals surface area contributed by atoms with Gasteiger partial charge in [0.2, 0.25) is 0 Å². The van der Waals surface area contributed by atoms with Gasteiger partial charge in [-0.1, -0.05) is 19.8 Å². The van der Waals surface area contributed by atoms with E-state index in [4.69, 9.17) is 5.73 Å². The Bertz CT molecular complexity index is 412. The molecular formula is C15H28N4. The maximum Gasteiger partial charge on any atom is 0.0540 e. The monoisotopic (exact) mass is 264 g/mol. The molecule has 1 aromatic heterocycles. The van der Waals surface area contributed by atoms with E-state index in [1.54, 1.807) is 0 Å². The van der Waals surface area contributed by atoms with Crippen molar-refractivity contribution < 1.29 is 0 Å². The van der Waals surface area contributed by atoms with Gasteiger partial charge in [0.05, 0.1) is 12.2 Å². The Morgan fingerprint density at radius 1 is 1.47 bits per heavy atom. The van der Waals surface area contributed by atoms with Crippen molar-refractivity contribution in [2.75, 3.05) is 13.6 Å². The Hall–Kier alpha value is -0.870. The second kappa shape index (κ2) is 6.06. The van der Waals surface area contributed by atoms with Crippen LogP contribution in [-0.2, 0) is 7.05 Å². The normalized spacial score (nSPS) is 25.8. The molecule has 2 rings (SSSR count). The minimum absolute atomic E-state index is 0.291. The lowest BCUT2D eigenvalue weighted by Crippen LogP contribution is -2.43. The van der Waals surface area contributed by atoms with Crippen molar-refractivity contribution in [1.29, 1.82) is 0 Å². The number of aromatic nitrogens is 2. The van der Waals surface area contributed by atoms with Crippen LogP contribution in [-0.4, -0.2) is 34.3 Å². The highest BCUT2D eigenvalue weighted by Crippen LogP contribution is 2.32. The Labute approximate surface area is 117 Å². The molecule has 0 amide bonds. The van der Waals surface area contributed by atoms with Crippen molar-refractivity contribution in [2.24, 2.45) is 18.7 Å². The number of hydrogen-bond donors (Lipinski definition) is 1. The Kier molecular flexibility index (Phi) is 4.63. The molecule has 0 aromatic carbocycles. The molecule has 1 aliphatic carbocycles. The van der Waals surface area contributed by atoms with Crippen LogP contribution in [0.4, 0.5) is 0 Å². The summed E-state index contributed by atoms with van der Waals surface area (Å²) in [6.45, 7) is 5.17. The summed E-state index contributed by atoms with van der Waals surface area (Å²) in [5.74, 6) is 0.768. The molecule has 1 heterocycles. The molecule has 108 valence electrons. The number of nitrogens with two attached hydrogens (primary N) is 1. The van der Waals surface area contributed by atoms with Gasteiger partial charge in [-0.15, -0.1) is 0 Å². The van der Waals surface area contributed by atoms with Gasteiger partial charge in [0, 0.05) is 30.9 Å². The van der Waals surface area contributed by atoms with Crippen LogP contribution >= 0.6 is 0 Å². The average Bonchev–Trinajstić information content (AvgIpc) is 2.72. The lowest BCUT2D eigenvalue weighted by Gasteiger charge is -2.40. The smallest absolute Gasteiger partial charge is 0.0540 e. The minimum Gasteiger partial charge on any atom is -0.329 e. The summed E-state index contributed by atoms with van der Waals surface area (Å²) in [5, 5.41) is 4.37. The molecule has 0 saturated heterocycles. The molecule has 1 aliphatic rings. The molecule has 1 saturated carbocycles. The van der Waals surface area contributed by atoms with E-state index in [-0.39, 0.29) is 0 Å². The van der Waals surface area contributed by atoms with Gasteiger partial charge in [-0.05, 0) is 32.7 Å². The molecular weight excluding hydrogens is 236 g/mol. The maximum atomic E-state index is 6.06. The fraction of sp³-hybridized carbons (Fsp3) is 0.800. The van der Waals surface area contributed by atoms with Gasteiger partial charge in [0.1, 0.15) is 0 Å². The molecule has 0 spiro atoms. The SMILES string of the molecule is Cc1c(C(CN)N(C)C2CCCCC2C)cnn1C. The van der Waals surface area contributed by atoms with Crippen LogP contribution in [0, 0.1) is 12.8 Å². The van der Waals surface area contributed by atoms with Crippen molar-refractivity contribution in [3.8, 4) is 0 Å². The third kappa shape index (κ3) is 2.84. The van der Waals surface area contributed by atoms with Gasteiger partial charge in [0.15, 0.2) is 0 Å². The molecule has 0 radical (unpaired) electrons. The predicted molar refractivity (Wildman–Crippen MR) is 78.9 cm³/mol. The van der Waals surface area contributed by atoms with Crippen LogP contribution in [0.1, 0.15) is 49.9 Å². The quantitative estimate of drug-likeness (QED) is 0.907. The van der Waals surface area contributed by atoms with E-state index >= 15 is 0 Å². The van der Waals surface area contributed by atoms with E-state index in [0.717, 1.165) is 5.92 Å². The molecule has 4 heteroatoms. The summed E-state index contributed by atoms with van der Waals surface area (Å²) in [6, 6.07) is 0.946. The van der Waals surface area contributed by atoms with E-state index in [1.165, 1.54) is 36.9 Å². The van der Waals surface area contributed by atoms with Crippen molar-refractivity contribution in [3.63, 3.8) is 0 Å². The highest BCUT2D eigenvalue weighted by Gasteiger charge is 2.30. The number of nitrogens with zero attached hydrogens (tertiary/aromatic N) is 3. The molecule has 1 aromatic rings. The van der Waals surface area contributed by atoms with Gasteiger partial charge < -0.3 is 5.73 Å². The standard InChI is InChI=1S/C15H28N4/c1-11-7-5-6-8-14(11)18(3)15(9-16)13-10-17-19(4)12(13)2/h10-11,14-15H,5-9,16H2,1-4H3. The van der Waals surface area contributed by atoms with Gasteiger partial charge in [-0.3, -0.25) is 9.58 Å². The van der Waals surface area contributed by atoms with Crippen LogP contribution in [0.2, 0.25) is 0 Å². The number of likely N-dealkylation sites (N-methyl/N-ethyl adjacent to an activating group) is 1. The van der Waals surface area contributed by atoms with Gasteiger partial charge in [-0.25, -0.2) is 0 Å². The molecule has 3 atom stereocenters. The first-order chi connectivity index (χ1) is 9.06. The highest BCUT2D eigenvalue weighted by molar-refractivity contribution is 5.21. The van der Waals surface area contributed by atoms with E-state index in [0.29, 0.717) is 18.6 Å². The Morgan fingerprint density at radius 3 is 2.68 bits per heavy atom. The highest BCUT2D eigenvalue weighted by atomic mass is 15.3. The first-order valence-electron chi connectivity index (χ1n) is 7.46. The van der Waals surface area contributed by atoms with Crippen LogP contribution in [0.25, 0.3) is 0 Å². The van der Waals surface area contributed by atoms with Crippen molar-refractivity contribution in [3.05, 3.63) is 17.5 Å². The van der Waals surface area contributed by atoms with Crippen LogP contribution in [0.3, 0.4) is 0 Å². The second-order valence-electron chi connectivity index (χ2n) is 6.05. The van der Waals surface area contributed by atoms with Crippen molar-refractivity contribution in [1.82, 2.24) is 14.7 Å². The first kappa shape index (κ1) is 14.5. The number of hydrogen-bond acceptors (Lipinski definition) is 3. The molecule has 0 bridgehead atoms. The summed E-state index contributed by atoms with van der Waals surface area (Å²) >= 11 is 0. The van der Waals surface area contributed by atoms with E-state index in [9.17, 15) is 0 Å². The fourth-order valence-corrected chi connectivity index (χ4v) is 3.49. The molecule has 4 nitrogen and oxygen atoms in total. The Balaban J connectivity index is 2.19. The van der Waals surface area contributed by atoms with Gasteiger partial charge >= 0.3 is 0 Å². The Morgan fingerprint density at radius 2 is 2.16 bits per heavy atom. The molecule has 0 aliphatic heterocycles. The third-order valence-corrected chi connectivity index (χ3v) is 4.94. The molecule has 19 heavy (non-hydrogen) atoms. The van der Waals surface area contributed by atoms with E-state index in [1.807, 2.05) is 17.9 Å². The zero-order valence-electron chi connectivity index (χ0n) is 12.8. The summed E-state index contributed by atoms with van der Waals surface area (Å²) in [4.78, 5) is 2.49. The van der Waals surface area contributed by atoms with E-state index in [2.05, 4.69) is 30.9 Å². The zero-order chi connectivity index (χ0) is 14.0. The fourth-order valence-electron chi connectivity index (χ4n) is 3.49. The summed E-state index contributed by atoms with van der Waals surface area (Å²) in [5.41, 5.74) is 8.57. The average molecular weight is 264 g/mol. The van der Waals surface area contributed by atoms with Crippen molar-refractivity contribution >= 4 is 0 Å². The van der Waals surface area contributed by atoms with E-state index < -0.39 is 0 Å². The maximum absolute atomic E-state index is 6.06. The summed E-state index contributed by atoms with van der Waals surface area (Å²) < 4.78 is 1.94. The molecule has 3 unspecified atom stereocenters. The third-order valence-electron chi connectivity index (χ3n) is 4.94. The second-order valence-corrected chi connectivity index (χ2v) is 6.05. The van der Waals surface area contributed by atoms with Gasteiger partial charge in [-0.2, -0.15) is 5.10 Å². The van der Waals surface area contributed by atoms with Crippen LogP contribution in [0.15, 0.2) is 6.20 Å². The number of rotatable bonds is 4. The summed E-state index contributed by atoms with van der Waals surface area (Å²) in [6.07, 6.45) is 7.36. The molecule has 2 N–H and O–H groups in total. The minimum atomic E-state index is 0.291. The largest absolute Gasteiger partial charge is 0.329 e. The van der Waals surface area contributed by atoms with Crippen LogP contribution < -0.4 is 5.73 Å². The van der Waals surface area contributed by atoms with Gasteiger partial charge in [0.25, 0.3) is 0 Å². The topological polar surface area (TPSA) is 47.1 Å². The molecule has 1 fully saturated rings. The van der Waals surface area contributed by atoms with Crippen LogP contribution in [0.5, 0.6) is 0 Å². The lowest BCUT2D eigenvalue weighted by atomic mass is 9.84. The zero-order valence-corrected chi connectivity index (χ0v) is 12.8. The predicted octanol–water partition coefficient (Wildman–Crippen LogP) is 2.24. The van der Waals surface area contributed by atoms with Crippen molar-refractivity contribution in [2.45, 2.75) is 51.6 Å². The summed E-state index contributed by atoms with van der Waals surface area (Å²) in [7, 11) is 4.23. The first-order valence-corrected chi connectivity index (χ1v) is 7.46. The lowest BCUT2D eigenvalue weighted by molar-refractivity contribution is 0.0989. The number of aryl methyl sites for hydroxylation is 1.